The van der Waals surface area contributed by atoms with Crippen LogP contribution in [0.3, 0.4) is 0 Å². The van der Waals surface area contributed by atoms with Crippen LogP contribution in [0.1, 0.15) is 44.4 Å². The fourth-order valence-corrected chi connectivity index (χ4v) is 2.76. The molecule has 2 rings (SSSR count). The van der Waals surface area contributed by atoms with Crippen molar-refractivity contribution in [2.24, 2.45) is 11.8 Å². The van der Waals surface area contributed by atoms with Gasteiger partial charge in [0.05, 0.1) is 0 Å². The van der Waals surface area contributed by atoms with Crippen molar-refractivity contribution in [2.45, 2.75) is 39.7 Å². The van der Waals surface area contributed by atoms with Crippen LogP contribution in [0.2, 0.25) is 0 Å². The molecule has 20 heavy (non-hydrogen) atoms. The van der Waals surface area contributed by atoms with E-state index in [9.17, 15) is 4.79 Å². The third-order valence-corrected chi connectivity index (χ3v) is 4.15. The first-order valence-corrected chi connectivity index (χ1v) is 7.23. The highest BCUT2D eigenvalue weighted by Crippen LogP contribution is 2.26. The largest absolute Gasteiger partial charge is 0.338 e. The Kier molecular flexibility index (Phi) is 4.73. The van der Waals surface area contributed by atoms with Crippen LogP contribution in [0.25, 0.3) is 0 Å². The highest BCUT2D eigenvalue weighted by Gasteiger charge is 2.24. The Bertz CT molecular complexity index is 519. The molecule has 1 aromatic heterocycles. The van der Waals surface area contributed by atoms with Gasteiger partial charge in [-0.1, -0.05) is 19.9 Å². The predicted molar refractivity (Wildman–Crippen MR) is 76.5 cm³/mol. The van der Waals surface area contributed by atoms with Gasteiger partial charge in [0.2, 0.25) is 5.91 Å². The monoisotopic (exact) mass is 271 g/mol. The molecule has 4 nitrogen and oxygen atoms in total. The maximum Gasteiger partial charge on any atom is 0.222 e. The van der Waals surface area contributed by atoms with Gasteiger partial charge >= 0.3 is 0 Å². The molecule has 0 aliphatic carbocycles. The molecule has 1 fully saturated rings. The van der Waals surface area contributed by atoms with Crippen LogP contribution in [0.15, 0.2) is 18.3 Å². The number of aromatic nitrogens is 1. The molecular weight excluding hydrogens is 250 g/mol. The summed E-state index contributed by atoms with van der Waals surface area (Å²) in [6.45, 7) is 5.72. The Hall–Kier alpha value is -1.89. The third-order valence-electron chi connectivity index (χ3n) is 4.15. The van der Waals surface area contributed by atoms with Gasteiger partial charge in [0.1, 0.15) is 11.8 Å². The number of carbonyl (C=O) groups excluding carboxylic acids is 1. The molecule has 106 valence electrons. The summed E-state index contributed by atoms with van der Waals surface area (Å²) >= 11 is 0. The second kappa shape index (κ2) is 6.51. The summed E-state index contributed by atoms with van der Waals surface area (Å²) in [6.07, 6.45) is 4.25. The lowest BCUT2D eigenvalue weighted by Gasteiger charge is -2.22. The average Bonchev–Trinajstić information content (AvgIpc) is 2.62. The summed E-state index contributed by atoms with van der Waals surface area (Å²) in [5.41, 5.74) is 1.26. The van der Waals surface area contributed by atoms with E-state index in [1.165, 1.54) is 0 Å². The van der Waals surface area contributed by atoms with Crippen LogP contribution in [-0.4, -0.2) is 22.3 Å². The van der Waals surface area contributed by atoms with Gasteiger partial charge in [0, 0.05) is 31.3 Å². The normalized spacial score (nSPS) is 19.8. The average molecular weight is 271 g/mol. The van der Waals surface area contributed by atoms with Gasteiger partial charge in [-0.25, -0.2) is 4.98 Å². The van der Waals surface area contributed by atoms with Gasteiger partial charge in [-0.2, -0.15) is 5.26 Å². The fraction of sp³-hybridized carbons (Fsp3) is 0.562. The summed E-state index contributed by atoms with van der Waals surface area (Å²) in [4.78, 5) is 18.1. The minimum absolute atomic E-state index is 0.195. The smallest absolute Gasteiger partial charge is 0.222 e. The van der Waals surface area contributed by atoms with Crippen LogP contribution in [0, 0.1) is 23.2 Å². The van der Waals surface area contributed by atoms with E-state index < -0.39 is 0 Å². The first-order valence-electron chi connectivity index (χ1n) is 7.23. The highest BCUT2D eigenvalue weighted by molar-refractivity contribution is 5.76. The van der Waals surface area contributed by atoms with E-state index in [0.717, 1.165) is 24.9 Å². The number of hydrogen-bond acceptors (Lipinski definition) is 3. The maximum absolute atomic E-state index is 12.2. The fourth-order valence-electron chi connectivity index (χ4n) is 2.76. The molecule has 2 heterocycles. The number of nitriles is 1. The lowest BCUT2D eigenvalue weighted by atomic mass is 9.89. The summed E-state index contributed by atoms with van der Waals surface area (Å²) in [5, 5.41) is 9.07. The molecule has 1 saturated heterocycles. The van der Waals surface area contributed by atoms with Crippen molar-refractivity contribution in [1.82, 2.24) is 9.88 Å². The molecule has 0 N–H and O–H groups in total. The molecule has 1 amide bonds. The first kappa shape index (κ1) is 14.5. The maximum atomic E-state index is 12.2. The van der Waals surface area contributed by atoms with E-state index in [2.05, 4.69) is 24.9 Å². The van der Waals surface area contributed by atoms with Crippen molar-refractivity contribution in [3.8, 4) is 6.07 Å². The van der Waals surface area contributed by atoms with Crippen LogP contribution >= 0.6 is 0 Å². The van der Waals surface area contributed by atoms with Crippen molar-refractivity contribution >= 4 is 5.91 Å². The van der Waals surface area contributed by atoms with E-state index in [1.54, 1.807) is 6.20 Å². The Morgan fingerprint density at radius 2 is 2.30 bits per heavy atom. The van der Waals surface area contributed by atoms with Crippen LogP contribution in [0.5, 0.6) is 0 Å². The first-order chi connectivity index (χ1) is 9.61. The van der Waals surface area contributed by atoms with Gasteiger partial charge in [-0.3, -0.25) is 4.79 Å². The van der Waals surface area contributed by atoms with Crippen LogP contribution in [-0.2, 0) is 11.3 Å². The number of rotatable bonds is 3. The second-order valence-electron chi connectivity index (χ2n) is 5.77. The Balaban J connectivity index is 2.09. The van der Waals surface area contributed by atoms with E-state index in [-0.39, 0.29) is 5.91 Å². The molecule has 0 saturated carbocycles. The van der Waals surface area contributed by atoms with E-state index in [0.29, 0.717) is 30.5 Å². The number of amides is 1. The zero-order chi connectivity index (χ0) is 14.5. The quantitative estimate of drug-likeness (QED) is 0.849. The lowest BCUT2D eigenvalue weighted by Crippen LogP contribution is -2.30. The van der Waals surface area contributed by atoms with Crippen molar-refractivity contribution in [2.75, 3.05) is 6.54 Å². The molecule has 0 radical (unpaired) electrons. The van der Waals surface area contributed by atoms with Crippen LogP contribution < -0.4 is 0 Å². The standard InChI is InChI=1S/C16H21N3O/c1-12(2)13-5-6-16(20)19(9-7-13)11-14-4-3-8-18-15(14)10-17/h3-4,8,12-13H,5-7,9,11H2,1-2H3. The lowest BCUT2D eigenvalue weighted by molar-refractivity contribution is -0.131. The van der Waals surface area contributed by atoms with Gasteiger partial charge in [0.25, 0.3) is 0 Å². The molecule has 0 spiro atoms. The predicted octanol–water partition coefficient (Wildman–Crippen LogP) is 2.74. The molecule has 0 aromatic carbocycles. The van der Waals surface area contributed by atoms with Gasteiger partial charge in [-0.05, 0) is 30.7 Å². The number of carbonyl (C=O) groups is 1. The van der Waals surface area contributed by atoms with E-state index in [4.69, 9.17) is 5.26 Å². The second-order valence-corrected chi connectivity index (χ2v) is 5.77. The summed E-state index contributed by atoms with van der Waals surface area (Å²) in [6, 6.07) is 5.79. The van der Waals surface area contributed by atoms with Crippen molar-refractivity contribution < 1.29 is 4.79 Å². The molecule has 4 heteroatoms. The number of nitrogens with zero attached hydrogens (tertiary/aromatic N) is 3. The summed E-state index contributed by atoms with van der Waals surface area (Å²) in [5.74, 6) is 1.44. The van der Waals surface area contributed by atoms with Crippen LogP contribution in [0.4, 0.5) is 0 Å². The molecule has 1 unspecified atom stereocenters. The number of likely N-dealkylation sites (tertiary alicyclic amines) is 1. The number of pyridine rings is 1. The highest BCUT2D eigenvalue weighted by atomic mass is 16.2. The van der Waals surface area contributed by atoms with Crippen molar-refractivity contribution in [3.63, 3.8) is 0 Å². The Morgan fingerprint density at radius 1 is 1.50 bits per heavy atom. The topological polar surface area (TPSA) is 57.0 Å². The zero-order valence-electron chi connectivity index (χ0n) is 12.2. The molecular formula is C16H21N3O. The Morgan fingerprint density at radius 3 is 3.00 bits per heavy atom. The van der Waals surface area contributed by atoms with Gasteiger partial charge in [-0.15, -0.1) is 0 Å². The zero-order valence-corrected chi connectivity index (χ0v) is 12.2. The van der Waals surface area contributed by atoms with Crippen molar-refractivity contribution in [1.29, 1.82) is 5.26 Å². The molecule has 1 aliphatic heterocycles. The summed E-state index contributed by atoms with van der Waals surface area (Å²) in [7, 11) is 0. The minimum atomic E-state index is 0.195. The van der Waals surface area contributed by atoms with Crippen molar-refractivity contribution in [3.05, 3.63) is 29.6 Å². The van der Waals surface area contributed by atoms with Gasteiger partial charge in [0.15, 0.2) is 0 Å². The Labute approximate surface area is 120 Å². The molecule has 1 aliphatic rings. The molecule has 1 aromatic rings. The molecule has 1 atom stereocenters. The minimum Gasteiger partial charge on any atom is -0.338 e. The SMILES string of the molecule is CC(C)C1CCC(=O)N(Cc2cccnc2C#N)CC1. The number of hydrogen-bond donors (Lipinski definition) is 0. The molecule has 0 bridgehead atoms. The van der Waals surface area contributed by atoms with Gasteiger partial charge < -0.3 is 4.90 Å². The van der Waals surface area contributed by atoms with E-state index in [1.807, 2.05) is 17.0 Å². The van der Waals surface area contributed by atoms with E-state index >= 15 is 0 Å². The summed E-state index contributed by atoms with van der Waals surface area (Å²) < 4.78 is 0. The third kappa shape index (κ3) is 3.36.